The van der Waals surface area contributed by atoms with E-state index >= 15 is 0 Å². The summed E-state index contributed by atoms with van der Waals surface area (Å²) in [6.45, 7) is 1.87. The molecule has 0 spiro atoms. The average molecular weight is 509 g/mol. The Balaban J connectivity index is 1.15. The number of hydrogen-bond donors (Lipinski definition) is 2. The molecule has 3 aromatic heterocycles. The number of amides is 1. The van der Waals surface area contributed by atoms with Gasteiger partial charge in [0.25, 0.3) is 5.91 Å². The lowest BCUT2D eigenvalue weighted by molar-refractivity contribution is 0.0679. The number of piperidine rings is 1. The first-order valence-corrected chi connectivity index (χ1v) is 12.0. The second kappa shape index (κ2) is 9.27. The summed E-state index contributed by atoms with van der Waals surface area (Å²) in [4.78, 5) is 30.8. The van der Waals surface area contributed by atoms with Gasteiger partial charge in [-0.25, -0.2) is 19.3 Å². The lowest BCUT2D eigenvalue weighted by Gasteiger charge is -2.33. The minimum Gasteiger partial charge on any atom is -0.454 e. The molecular formula is C25H22ClFN6O3. The summed E-state index contributed by atoms with van der Waals surface area (Å²) in [6, 6.07) is 7.00. The Morgan fingerprint density at radius 2 is 2.11 bits per heavy atom. The number of nitrogens with zero attached hydrogens (tertiary/aromatic N) is 4. The Morgan fingerprint density at radius 3 is 3.03 bits per heavy atom. The molecule has 2 aliphatic heterocycles. The molecule has 0 unspecified atom stereocenters. The number of rotatable bonds is 5. The van der Waals surface area contributed by atoms with Crippen molar-refractivity contribution in [3.63, 3.8) is 0 Å². The van der Waals surface area contributed by atoms with E-state index in [0.29, 0.717) is 58.8 Å². The van der Waals surface area contributed by atoms with E-state index in [0.717, 1.165) is 24.4 Å². The molecule has 1 amide bonds. The van der Waals surface area contributed by atoms with Crippen LogP contribution < -0.4 is 14.8 Å². The summed E-state index contributed by atoms with van der Waals surface area (Å²) in [5.74, 6) is 1.25. The molecule has 1 aromatic carbocycles. The van der Waals surface area contributed by atoms with Gasteiger partial charge in [-0.15, -0.1) is 0 Å². The van der Waals surface area contributed by atoms with Gasteiger partial charge in [0.05, 0.1) is 11.2 Å². The second-order valence-electron chi connectivity index (χ2n) is 8.85. The monoisotopic (exact) mass is 508 g/mol. The van der Waals surface area contributed by atoms with Gasteiger partial charge >= 0.3 is 0 Å². The first kappa shape index (κ1) is 22.5. The van der Waals surface area contributed by atoms with Crippen LogP contribution in [0, 0.1) is 11.7 Å². The maximum Gasteiger partial charge on any atom is 0.254 e. The fraction of sp³-hybridized carbons (Fsp3) is 0.280. The van der Waals surface area contributed by atoms with Gasteiger partial charge in [-0.05, 0) is 43.0 Å². The van der Waals surface area contributed by atoms with E-state index in [9.17, 15) is 9.18 Å². The minimum absolute atomic E-state index is 0.0555. The summed E-state index contributed by atoms with van der Waals surface area (Å²) in [5, 5.41) is 4.37. The number of benzene rings is 1. The molecule has 9 nitrogen and oxygen atoms in total. The highest BCUT2D eigenvalue weighted by Gasteiger charge is 2.26. The first-order chi connectivity index (χ1) is 17.5. The topological polar surface area (TPSA) is 105 Å². The molecule has 5 heterocycles. The van der Waals surface area contributed by atoms with E-state index < -0.39 is 5.82 Å². The summed E-state index contributed by atoms with van der Waals surface area (Å²) in [7, 11) is 0. The van der Waals surface area contributed by atoms with Crippen LogP contribution in [-0.2, 0) is 0 Å². The molecule has 0 bridgehead atoms. The molecule has 1 saturated heterocycles. The minimum atomic E-state index is -0.543. The van der Waals surface area contributed by atoms with Crippen LogP contribution in [0.3, 0.4) is 0 Å². The third-order valence-electron chi connectivity index (χ3n) is 6.47. The van der Waals surface area contributed by atoms with Crippen LogP contribution in [0.25, 0.3) is 22.4 Å². The predicted octanol–water partition coefficient (Wildman–Crippen LogP) is 4.51. The number of carbonyl (C=O) groups is 1. The quantitative estimate of drug-likeness (QED) is 0.408. The van der Waals surface area contributed by atoms with Crippen molar-refractivity contribution < 1.29 is 18.7 Å². The number of nitrogens with one attached hydrogen (secondary N) is 2. The highest BCUT2D eigenvalue weighted by Crippen LogP contribution is 2.33. The van der Waals surface area contributed by atoms with Crippen molar-refractivity contribution in [2.75, 3.05) is 31.7 Å². The Bertz CT molecular complexity index is 1460. The standard InChI is InChI=1S/C25H22ClFN6O3/c26-16-7-17-18(10-30-22(17)29-9-16)23-31-11-19(27)24(32-23)28-8-14-2-1-5-33(12-14)25(34)15-3-4-20-21(6-15)36-13-35-20/h3-4,6-7,9-11,14H,1-2,5,8,12-13H2,(H,29,30)(H,28,31,32)/t14-/m1/s1. The molecule has 0 radical (unpaired) electrons. The number of carbonyl (C=O) groups excluding carboxylic acids is 1. The predicted molar refractivity (Wildman–Crippen MR) is 132 cm³/mol. The smallest absolute Gasteiger partial charge is 0.254 e. The van der Waals surface area contributed by atoms with E-state index in [-0.39, 0.29) is 24.4 Å². The first-order valence-electron chi connectivity index (χ1n) is 11.6. The molecule has 1 fully saturated rings. The summed E-state index contributed by atoms with van der Waals surface area (Å²) >= 11 is 6.10. The molecule has 36 heavy (non-hydrogen) atoms. The van der Waals surface area contributed by atoms with Crippen molar-refractivity contribution in [2.45, 2.75) is 12.8 Å². The lowest BCUT2D eigenvalue weighted by atomic mass is 9.97. The second-order valence-corrected chi connectivity index (χ2v) is 9.29. The van der Waals surface area contributed by atoms with Crippen molar-refractivity contribution in [1.82, 2.24) is 24.8 Å². The highest BCUT2D eigenvalue weighted by atomic mass is 35.5. The molecule has 11 heteroatoms. The fourth-order valence-corrected chi connectivity index (χ4v) is 4.81. The SMILES string of the molecule is O=C(c1ccc2c(c1)OCO2)N1CCC[C@H](CNc2nc(-c3c[nH]c4ncc(Cl)cc34)ncc2F)C1. The number of pyridine rings is 1. The number of hydrogen-bond acceptors (Lipinski definition) is 7. The molecular weight excluding hydrogens is 487 g/mol. The third-order valence-corrected chi connectivity index (χ3v) is 6.67. The number of fused-ring (bicyclic) bond motifs is 2. The molecule has 1 atom stereocenters. The number of likely N-dealkylation sites (tertiary alicyclic amines) is 1. The number of aromatic nitrogens is 4. The molecule has 0 aliphatic carbocycles. The average Bonchev–Trinajstić information content (AvgIpc) is 3.54. The maximum atomic E-state index is 14.6. The molecule has 2 aliphatic rings. The van der Waals surface area contributed by atoms with Crippen LogP contribution in [0.1, 0.15) is 23.2 Å². The summed E-state index contributed by atoms with van der Waals surface area (Å²) < 4.78 is 25.3. The zero-order chi connectivity index (χ0) is 24.6. The van der Waals surface area contributed by atoms with Crippen molar-refractivity contribution >= 4 is 34.4 Å². The van der Waals surface area contributed by atoms with Gasteiger partial charge in [0, 0.05) is 48.5 Å². The van der Waals surface area contributed by atoms with E-state index in [1.165, 1.54) is 0 Å². The van der Waals surface area contributed by atoms with E-state index in [4.69, 9.17) is 21.1 Å². The Kier molecular flexibility index (Phi) is 5.80. The van der Waals surface area contributed by atoms with E-state index in [2.05, 4.69) is 25.3 Å². The molecule has 2 N–H and O–H groups in total. The van der Waals surface area contributed by atoms with Crippen LogP contribution in [0.15, 0.2) is 42.9 Å². The number of halogens is 2. The summed E-state index contributed by atoms with van der Waals surface area (Å²) in [5.41, 5.74) is 1.89. The molecule has 0 saturated carbocycles. The lowest BCUT2D eigenvalue weighted by Crippen LogP contribution is -2.41. The van der Waals surface area contributed by atoms with Crippen molar-refractivity contribution in [3.05, 3.63) is 59.3 Å². The highest BCUT2D eigenvalue weighted by molar-refractivity contribution is 6.31. The largest absolute Gasteiger partial charge is 0.454 e. The van der Waals surface area contributed by atoms with Gasteiger partial charge in [0.1, 0.15) is 5.65 Å². The van der Waals surface area contributed by atoms with Crippen LogP contribution in [0.2, 0.25) is 5.02 Å². The van der Waals surface area contributed by atoms with Crippen molar-refractivity contribution in [1.29, 1.82) is 0 Å². The van der Waals surface area contributed by atoms with Gasteiger partial charge in [-0.2, -0.15) is 0 Å². The van der Waals surface area contributed by atoms with Crippen molar-refractivity contribution in [3.8, 4) is 22.9 Å². The summed E-state index contributed by atoms with van der Waals surface area (Å²) in [6.07, 6.45) is 6.21. The number of ether oxygens (including phenoxy) is 2. The van der Waals surface area contributed by atoms with Crippen molar-refractivity contribution in [2.24, 2.45) is 5.92 Å². The van der Waals surface area contributed by atoms with Gasteiger partial charge in [-0.3, -0.25) is 4.79 Å². The van der Waals surface area contributed by atoms with E-state index in [1.54, 1.807) is 36.7 Å². The fourth-order valence-electron chi connectivity index (χ4n) is 4.65. The molecule has 4 aromatic rings. The van der Waals surface area contributed by atoms with Gasteiger partial charge in [0.15, 0.2) is 29.0 Å². The number of aromatic amines is 1. The number of H-pyrrole nitrogens is 1. The molecule has 184 valence electrons. The normalized spacial score (nSPS) is 16.9. The van der Waals surface area contributed by atoms with Crippen LogP contribution in [0.5, 0.6) is 11.5 Å². The van der Waals surface area contributed by atoms with Crippen LogP contribution >= 0.6 is 11.6 Å². The zero-order valence-electron chi connectivity index (χ0n) is 19.1. The third kappa shape index (κ3) is 4.28. The van der Waals surface area contributed by atoms with Gasteiger partial charge in [0.2, 0.25) is 6.79 Å². The van der Waals surface area contributed by atoms with E-state index in [1.807, 2.05) is 4.90 Å². The van der Waals surface area contributed by atoms with Gasteiger partial charge in [-0.1, -0.05) is 11.6 Å². The van der Waals surface area contributed by atoms with Gasteiger partial charge < -0.3 is 24.7 Å². The molecule has 6 rings (SSSR count). The zero-order valence-corrected chi connectivity index (χ0v) is 19.9. The van der Waals surface area contributed by atoms with Crippen LogP contribution in [-0.4, -0.2) is 57.2 Å². The Hall–Kier alpha value is -3.92. The Morgan fingerprint density at radius 1 is 1.22 bits per heavy atom. The van der Waals surface area contributed by atoms with Crippen LogP contribution in [0.4, 0.5) is 10.2 Å². The number of anilines is 1. The Labute approximate surface area is 210 Å². The maximum absolute atomic E-state index is 14.6.